The maximum Gasteiger partial charge on any atom is 0.338 e. The van der Waals surface area contributed by atoms with E-state index < -0.39 is 17.9 Å². The number of pyridine rings is 3. The number of esters is 3. The summed E-state index contributed by atoms with van der Waals surface area (Å²) < 4.78 is 16.5. The van der Waals surface area contributed by atoms with Gasteiger partial charge in [0.2, 0.25) is 0 Å². The normalized spacial score (nSPS) is 11.6. The summed E-state index contributed by atoms with van der Waals surface area (Å²) in [7, 11) is 4.24. The molecule has 0 saturated carbocycles. The molecule has 0 atom stereocenters. The highest BCUT2D eigenvalue weighted by molar-refractivity contribution is 6.06. The lowest BCUT2D eigenvalue weighted by atomic mass is 9.82. The van der Waals surface area contributed by atoms with Gasteiger partial charge >= 0.3 is 17.9 Å². The van der Waals surface area contributed by atoms with Gasteiger partial charge in [-0.2, -0.15) is 0 Å². The monoisotopic (exact) mass is 1340 g/mol. The number of ether oxygens (including phenoxy) is 3. The molecular formula is C93H81N3O6. The number of aromatic nitrogens is 3. The van der Waals surface area contributed by atoms with Crippen LogP contribution in [0.15, 0.2) is 273 Å². The van der Waals surface area contributed by atoms with Gasteiger partial charge in [-0.25, -0.2) is 14.4 Å². The first-order valence-corrected chi connectivity index (χ1v) is 34.4. The van der Waals surface area contributed by atoms with Crippen molar-refractivity contribution >= 4 is 17.9 Å². The Hall–Kier alpha value is -11.9. The van der Waals surface area contributed by atoms with E-state index in [1.165, 1.54) is 21.3 Å². The van der Waals surface area contributed by atoms with Gasteiger partial charge in [-0.15, -0.1) is 0 Å². The predicted octanol–water partition coefficient (Wildman–Crippen LogP) is 23.1. The van der Waals surface area contributed by atoms with E-state index in [9.17, 15) is 14.4 Å². The van der Waals surface area contributed by atoms with Gasteiger partial charge in [0.05, 0.1) is 55.1 Å². The summed E-state index contributed by atoms with van der Waals surface area (Å²) in [6, 6.07) is 86.9. The lowest BCUT2D eigenvalue weighted by Crippen LogP contribution is -2.11. The van der Waals surface area contributed by atoms with Crippen LogP contribution in [0.25, 0.3) is 134 Å². The molecule has 13 rings (SSSR count). The molecule has 13 aromatic rings. The van der Waals surface area contributed by atoms with Gasteiger partial charge in [0.25, 0.3) is 0 Å². The van der Waals surface area contributed by atoms with Crippen molar-refractivity contribution in [3.05, 3.63) is 307 Å². The Morgan fingerprint density at radius 3 is 0.706 bits per heavy atom. The van der Waals surface area contributed by atoms with Crippen LogP contribution in [0.1, 0.15) is 110 Å². The van der Waals surface area contributed by atoms with Gasteiger partial charge < -0.3 is 14.2 Å². The van der Waals surface area contributed by atoms with Crippen molar-refractivity contribution < 1.29 is 28.6 Å². The minimum atomic E-state index is -0.450. The molecule has 9 heteroatoms. The summed E-state index contributed by atoms with van der Waals surface area (Å²) >= 11 is 0. The van der Waals surface area contributed by atoms with Crippen LogP contribution in [0.5, 0.6) is 0 Å². The highest BCUT2D eigenvalue weighted by Crippen LogP contribution is 2.49. The highest BCUT2D eigenvalue weighted by atomic mass is 16.5. The zero-order valence-electron chi connectivity index (χ0n) is 59.8. The molecule has 3 aromatic heterocycles. The Kier molecular flexibility index (Phi) is 19.1. The lowest BCUT2D eigenvalue weighted by molar-refractivity contribution is 0.0592. The number of hydrogen-bond donors (Lipinski definition) is 0. The first kappa shape index (κ1) is 68.6. The third-order valence-corrected chi connectivity index (χ3v) is 19.2. The molecule has 3 heterocycles. The number of hydrogen-bond acceptors (Lipinski definition) is 9. The van der Waals surface area contributed by atoms with Gasteiger partial charge in [-0.1, -0.05) is 226 Å². The van der Waals surface area contributed by atoms with Gasteiger partial charge in [-0.3, -0.25) is 15.0 Å². The lowest BCUT2D eigenvalue weighted by Gasteiger charge is -2.22. The van der Waals surface area contributed by atoms with Crippen molar-refractivity contribution in [3.63, 3.8) is 0 Å². The van der Waals surface area contributed by atoms with E-state index in [1.54, 1.807) is 0 Å². The molecule has 0 bridgehead atoms. The molecule has 0 aliphatic rings. The smallest absolute Gasteiger partial charge is 0.338 e. The van der Waals surface area contributed by atoms with E-state index in [1.807, 2.05) is 91.4 Å². The van der Waals surface area contributed by atoms with Gasteiger partial charge in [0.1, 0.15) is 0 Å². The van der Waals surface area contributed by atoms with Crippen molar-refractivity contribution in [1.82, 2.24) is 15.0 Å². The maximum absolute atomic E-state index is 14.0. The third kappa shape index (κ3) is 13.9. The quantitative estimate of drug-likeness (QED) is 0.0730. The third-order valence-electron chi connectivity index (χ3n) is 19.2. The molecule has 9 nitrogen and oxygen atoms in total. The number of benzene rings is 10. The number of rotatable bonds is 15. The summed E-state index contributed by atoms with van der Waals surface area (Å²) in [5.41, 5.74) is 25.0. The fraction of sp³-hybridized carbons (Fsp3) is 0.161. The van der Waals surface area contributed by atoms with E-state index in [4.69, 9.17) is 29.2 Å². The summed E-state index contributed by atoms with van der Waals surface area (Å²) in [5, 5.41) is 0. The number of methoxy groups -OCH3 is 3. The van der Waals surface area contributed by atoms with Crippen LogP contribution in [0.2, 0.25) is 0 Å². The molecule has 0 radical (unpaired) electrons. The minimum Gasteiger partial charge on any atom is -0.465 e. The first-order valence-electron chi connectivity index (χ1n) is 34.4. The van der Waals surface area contributed by atoms with Crippen LogP contribution in [0, 0.1) is 0 Å². The largest absolute Gasteiger partial charge is 0.465 e. The Morgan fingerprint density at radius 1 is 0.235 bits per heavy atom. The SMILES string of the molecule is COC(=O)c1ccccc1-c1cc(-c2cc(C(C)(C)C)ccn2)ccc1-c1ccccc1-c1cc(-c2ccccc2-c2ccc(-c3cc(C(C)(C)C)ccn3)cc2-c2ccccc2C(=O)OC)cc(-c2ccccc2-c2ccc(-c3cc(C(C)(C)C)ccn3)cc2-c2ccccc2C(=O)OC)c1. The van der Waals surface area contributed by atoms with Gasteiger partial charge in [-0.05, 0) is 224 Å². The van der Waals surface area contributed by atoms with Gasteiger partial charge in [0.15, 0.2) is 0 Å². The average molecular weight is 1340 g/mol. The van der Waals surface area contributed by atoms with E-state index in [-0.39, 0.29) is 16.2 Å². The molecule has 0 saturated heterocycles. The first-order chi connectivity index (χ1) is 49.1. The number of carbonyl (C=O) groups is 3. The molecule has 0 aliphatic heterocycles. The van der Waals surface area contributed by atoms with Crippen LogP contribution in [-0.4, -0.2) is 54.2 Å². The molecule has 0 N–H and O–H groups in total. The van der Waals surface area contributed by atoms with Crippen LogP contribution in [0.3, 0.4) is 0 Å². The summed E-state index contributed by atoms with van der Waals surface area (Å²) in [6.45, 7) is 19.8. The summed E-state index contributed by atoms with van der Waals surface area (Å²) in [6.07, 6.45) is 5.60. The van der Waals surface area contributed by atoms with Crippen LogP contribution < -0.4 is 0 Å². The molecule has 0 unspecified atom stereocenters. The van der Waals surface area contributed by atoms with Crippen molar-refractivity contribution in [1.29, 1.82) is 0 Å². The van der Waals surface area contributed by atoms with Crippen molar-refractivity contribution in [3.8, 4) is 134 Å². The topological polar surface area (TPSA) is 118 Å². The Labute approximate surface area is 598 Å². The molecule has 0 aliphatic carbocycles. The standard InChI is InChI=1S/C93H81N3O6/c1-91(2,3)64-43-46-94-85(55-64)58-37-40-76(82(52-58)73-31-19-22-34-79(73)88(97)100-10)70-28-16-13-25-67(70)61-49-62(68-26-14-17-29-71(68)77-41-38-59(86-56-65(44-47-95-86)92(4,5)6)53-83(77)74-32-20-23-35-80(74)89(98)101-11)51-63(50-61)69-27-15-18-30-72(69)78-42-39-60(87-57-66(45-48-96-87)93(7,8)9)54-84(78)75-33-21-24-36-81(75)90(99)102-12/h13-57H,1-12H3. The van der Waals surface area contributed by atoms with Crippen LogP contribution >= 0.6 is 0 Å². The molecule has 0 spiro atoms. The molecule has 504 valence electrons. The van der Waals surface area contributed by atoms with Crippen LogP contribution in [-0.2, 0) is 30.5 Å². The second-order valence-electron chi connectivity index (χ2n) is 28.9. The Bertz CT molecular complexity index is 4850. The Morgan fingerprint density at radius 2 is 0.461 bits per heavy atom. The highest BCUT2D eigenvalue weighted by Gasteiger charge is 2.27. The molecule has 0 amide bonds. The summed E-state index contributed by atoms with van der Waals surface area (Å²) in [5.74, 6) is -1.35. The predicted molar refractivity (Wildman–Crippen MR) is 415 cm³/mol. The van der Waals surface area contributed by atoms with Crippen molar-refractivity contribution in [2.45, 2.75) is 78.6 Å². The summed E-state index contributed by atoms with van der Waals surface area (Å²) in [4.78, 5) is 56.7. The molecule has 102 heavy (non-hydrogen) atoms. The Balaban J connectivity index is 1.09. The molecular weight excluding hydrogens is 1260 g/mol. The number of carbonyl (C=O) groups excluding carboxylic acids is 3. The van der Waals surface area contributed by atoms with E-state index in [0.29, 0.717) is 33.4 Å². The van der Waals surface area contributed by atoms with Crippen molar-refractivity contribution in [2.24, 2.45) is 0 Å². The van der Waals surface area contributed by atoms with E-state index >= 15 is 0 Å². The second-order valence-corrected chi connectivity index (χ2v) is 28.9. The van der Waals surface area contributed by atoms with Crippen molar-refractivity contribution in [2.75, 3.05) is 21.3 Å². The van der Waals surface area contributed by atoms with Crippen LogP contribution in [0.4, 0.5) is 0 Å². The fourth-order valence-electron chi connectivity index (χ4n) is 13.7. The second kappa shape index (κ2) is 28.4. The zero-order chi connectivity index (χ0) is 71.6. The zero-order valence-corrected chi connectivity index (χ0v) is 59.8. The minimum absolute atomic E-state index is 0.134. The van der Waals surface area contributed by atoms with E-state index in [0.717, 1.165) is 134 Å². The van der Waals surface area contributed by atoms with Gasteiger partial charge in [0, 0.05) is 35.3 Å². The van der Waals surface area contributed by atoms with E-state index in [2.05, 4.69) is 244 Å². The molecule has 10 aromatic carbocycles. The number of nitrogens with zero attached hydrogens (tertiary/aromatic N) is 3. The average Bonchev–Trinajstić information content (AvgIpc) is 0.761. The maximum atomic E-state index is 14.0. The fourth-order valence-corrected chi connectivity index (χ4v) is 13.7. The molecule has 0 fully saturated rings.